The summed E-state index contributed by atoms with van der Waals surface area (Å²) in [5.41, 5.74) is 5.34. The predicted molar refractivity (Wildman–Crippen MR) is 94.3 cm³/mol. The van der Waals surface area contributed by atoms with Crippen LogP contribution < -0.4 is 5.73 Å². The third-order valence-electron chi connectivity index (χ3n) is 3.92. The molecule has 1 aliphatic rings. The largest absolute Gasteiger partial charge is 0.375 e. The van der Waals surface area contributed by atoms with E-state index < -0.39 is 0 Å². The molecular weight excluding hydrogens is 320 g/mol. The molecule has 22 heavy (non-hydrogen) atoms. The molecule has 5 nitrogen and oxygen atoms in total. The lowest BCUT2D eigenvalue weighted by molar-refractivity contribution is -0.144. The summed E-state index contributed by atoms with van der Waals surface area (Å²) in [4.78, 5) is 22.2. The summed E-state index contributed by atoms with van der Waals surface area (Å²) in [6, 6.07) is 0. The average Bonchev–Trinajstić information content (AvgIpc) is 2.75. The molecule has 0 spiro atoms. The summed E-state index contributed by atoms with van der Waals surface area (Å²) in [6.45, 7) is 13.6. The Kier molecular flexibility index (Phi) is 5.87. The number of nitrogens with two attached hydrogens (primary N) is 1. The molecule has 1 aliphatic heterocycles. The second-order valence-corrected chi connectivity index (χ2v) is 8.52. The maximum Gasteiger partial charge on any atom is 0.228 e. The molecule has 0 aliphatic carbocycles. The Morgan fingerprint density at radius 3 is 2.50 bits per heavy atom. The van der Waals surface area contributed by atoms with Crippen LogP contribution in [0.5, 0.6) is 0 Å². The second kappa shape index (κ2) is 6.72. The van der Waals surface area contributed by atoms with Gasteiger partial charge in [-0.15, -0.1) is 23.7 Å². The fourth-order valence-electron chi connectivity index (χ4n) is 2.71. The molecule has 0 aromatic carbocycles. The zero-order valence-corrected chi connectivity index (χ0v) is 15.7. The third-order valence-corrected chi connectivity index (χ3v) is 4.73. The monoisotopic (exact) mass is 346 g/mol. The Morgan fingerprint density at radius 2 is 2.05 bits per heavy atom. The van der Waals surface area contributed by atoms with Crippen LogP contribution in [0.3, 0.4) is 0 Å². The first-order valence-electron chi connectivity index (χ1n) is 7.34. The van der Waals surface area contributed by atoms with Crippen molar-refractivity contribution in [1.82, 2.24) is 14.8 Å². The Morgan fingerprint density at radius 1 is 1.41 bits per heavy atom. The molecule has 0 saturated carbocycles. The van der Waals surface area contributed by atoms with Crippen LogP contribution in [0.25, 0.3) is 0 Å². The molecule has 0 radical (unpaired) electrons. The number of carbonyl (C=O) groups is 1. The average molecular weight is 347 g/mol. The quantitative estimate of drug-likeness (QED) is 0.894. The third kappa shape index (κ3) is 4.33. The van der Waals surface area contributed by atoms with Gasteiger partial charge in [0.15, 0.2) is 5.13 Å². The van der Waals surface area contributed by atoms with Crippen molar-refractivity contribution in [2.75, 3.05) is 25.4 Å². The molecule has 0 atom stereocenters. The van der Waals surface area contributed by atoms with E-state index in [0.29, 0.717) is 5.13 Å². The lowest BCUT2D eigenvalue weighted by atomic mass is 9.91. The van der Waals surface area contributed by atoms with E-state index in [-0.39, 0.29) is 29.3 Å². The summed E-state index contributed by atoms with van der Waals surface area (Å²) in [7, 11) is 0. The molecule has 1 aromatic heterocycles. The fraction of sp³-hybridized carbons (Fsp3) is 0.733. The molecule has 2 heterocycles. The van der Waals surface area contributed by atoms with E-state index in [9.17, 15) is 4.79 Å². The van der Waals surface area contributed by atoms with Crippen LogP contribution in [0.15, 0.2) is 6.20 Å². The lowest BCUT2D eigenvalue weighted by Gasteiger charge is -2.48. The number of anilines is 1. The number of aromatic nitrogens is 1. The zero-order chi connectivity index (χ0) is 15.8. The molecular formula is C15H27ClN4OS. The predicted octanol–water partition coefficient (Wildman–Crippen LogP) is 2.62. The molecule has 7 heteroatoms. The summed E-state index contributed by atoms with van der Waals surface area (Å²) in [5.74, 6) is 0.234. The van der Waals surface area contributed by atoms with Crippen molar-refractivity contribution >= 4 is 34.8 Å². The van der Waals surface area contributed by atoms with Gasteiger partial charge in [-0.1, -0.05) is 20.8 Å². The summed E-state index contributed by atoms with van der Waals surface area (Å²) in [5, 5.41) is 0.615. The molecule has 126 valence electrons. The molecule has 0 unspecified atom stereocenters. The van der Waals surface area contributed by atoms with Crippen molar-refractivity contribution < 1.29 is 4.79 Å². The SMILES string of the molecule is CC(C)(C)C(=O)N1CCN(Cc2cnc(N)s2)C(C)(C)C1.Cl. The van der Waals surface area contributed by atoms with Gasteiger partial charge in [0.1, 0.15) is 0 Å². The van der Waals surface area contributed by atoms with E-state index in [0.717, 1.165) is 26.2 Å². The normalized spacial score (nSPS) is 18.9. The van der Waals surface area contributed by atoms with Crippen LogP contribution in [0.2, 0.25) is 0 Å². The minimum absolute atomic E-state index is 0. The molecule has 2 N–H and O–H groups in total. The summed E-state index contributed by atoms with van der Waals surface area (Å²) < 4.78 is 0. The minimum Gasteiger partial charge on any atom is -0.375 e. The van der Waals surface area contributed by atoms with E-state index in [1.54, 1.807) is 0 Å². The van der Waals surface area contributed by atoms with Crippen molar-refractivity contribution in [1.29, 1.82) is 0 Å². The number of thiazole rings is 1. The second-order valence-electron chi connectivity index (χ2n) is 7.38. The van der Waals surface area contributed by atoms with E-state index in [1.165, 1.54) is 16.2 Å². The van der Waals surface area contributed by atoms with Crippen molar-refractivity contribution in [3.05, 3.63) is 11.1 Å². The van der Waals surface area contributed by atoms with Crippen molar-refractivity contribution in [3.8, 4) is 0 Å². The fourth-order valence-corrected chi connectivity index (χ4v) is 3.41. The van der Waals surface area contributed by atoms with Crippen LogP contribution in [-0.4, -0.2) is 45.9 Å². The molecule has 1 aromatic rings. The Bertz CT molecular complexity index is 524. The molecule has 1 saturated heterocycles. The number of hydrogen-bond acceptors (Lipinski definition) is 5. The van der Waals surface area contributed by atoms with Crippen molar-refractivity contribution in [3.63, 3.8) is 0 Å². The molecule has 1 amide bonds. The van der Waals surface area contributed by atoms with Crippen molar-refractivity contribution in [2.45, 2.75) is 46.7 Å². The maximum atomic E-state index is 12.5. The number of halogens is 1. The standard InChI is InChI=1S/C15H26N4OS.ClH/c1-14(2,3)12(20)18-6-7-19(15(4,5)10-18)9-11-8-17-13(16)21-11;/h8H,6-7,9-10H2,1-5H3,(H2,16,17);1H. The first-order chi connectivity index (χ1) is 9.59. The van der Waals surface area contributed by atoms with Gasteiger partial charge in [0.05, 0.1) is 0 Å². The lowest BCUT2D eigenvalue weighted by Crippen LogP contribution is -2.61. The van der Waals surface area contributed by atoms with Gasteiger partial charge in [-0.25, -0.2) is 4.98 Å². The van der Waals surface area contributed by atoms with Gasteiger partial charge in [-0.05, 0) is 13.8 Å². The van der Waals surface area contributed by atoms with Crippen LogP contribution in [0.1, 0.15) is 39.5 Å². The summed E-state index contributed by atoms with van der Waals surface area (Å²) in [6.07, 6.45) is 1.85. The Hall–Kier alpha value is -0.850. The van der Waals surface area contributed by atoms with Crippen LogP contribution in [-0.2, 0) is 11.3 Å². The molecule has 1 fully saturated rings. The van der Waals surface area contributed by atoms with Gasteiger partial charge in [-0.3, -0.25) is 9.69 Å². The first kappa shape index (κ1) is 19.2. The van der Waals surface area contributed by atoms with Crippen molar-refractivity contribution in [2.24, 2.45) is 5.41 Å². The van der Waals surface area contributed by atoms with Gasteiger partial charge in [0.2, 0.25) is 5.91 Å². The van der Waals surface area contributed by atoms with Gasteiger partial charge in [0.25, 0.3) is 0 Å². The van der Waals surface area contributed by atoms with Gasteiger partial charge < -0.3 is 10.6 Å². The smallest absolute Gasteiger partial charge is 0.228 e. The number of piperazine rings is 1. The highest BCUT2D eigenvalue weighted by Gasteiger charge is 2.38. The van der Waals surface area contributed by atoms with Crippen LogP contribution >= 0.6 is 23.7 Å². The van der Waals surface area contributed by atoms with Crippen LogP contribution in [0.4, 0.5) is 5.13 Å². The van der Waals surface area contributed by atoms with E-state index in [1.807, 2.05) is 31.9 Å². The van der Waals surface area contributed by atoms with Gasteiger partial charge in [0, 0.05) is 48.2 Å². The van der Waals surface area contributed by atoms with Gasteiger partial charge in [-0.2, -0.15) is 0 Å². The number of nitrogens with zero attached hydrogens (tertiary/aromatic N) is 3. The van der Waals surface area contributed by atoms with Gasteiger partial charge >= 0.3 is 0 Å². The van der Waals surface area contributed by atoms with Crippen LogP contribution in [0, 0.1) is 5.41 Å². The Balaban J connectivity index is 0.00000242. The topological polar surface area (TPSA) is 62.5 Å². The maximum absolute atomic E-state index is 12.5. The van der Waals surface area contributed by atoms with E-state index in [2.05, 4.69) is 23.7 Å². The number of hydrogen-bond donors (Lipinski definition) is 1. The minimum atomic E-state index is -0.315. The van der Waals surface area contributed by atoms with E-state index in [4.69, 9.17) is 5.73 Å². The highest BCUT2D eigenvalue weighted by atomic mass is 35.5. The number of nitrogen functional groups attached to an aromatic ring is 1. The number of carbonyl (C=O) groups excluding carboxylic acids is 1. The first-order valence-corrected chi connectivity index (χ1v) is 8.16. The molecule has 2 rings (SSSR count). The number of amides is 1. The molecule has 0 bridgehead atoms. The highest BCUT2D eigenvalue weighted by molar-refractivity contribution is 7.15. The highest BCUT2D eigenvalue weighted by Crippen LogP contribution is 2.28. The summed E-state index contributed by atoms with van der Waals surface area (Å²) >= 11 is 1.54. The zero-order valence-electron chi connectivity index (χ0n) is 14.0. The van der Waals surface area contributed by atoms with E-state index >= 15 is 0 Å². The Labute approximate surface area is 143 Å². The number of rotatable bonds is 2.